The van der Waals surface area contributed by atoms with Crippen molar-refractivity contribution >= 4 is 5.82 Å². The Morgan fingerprint density at radius 2 is 2.05 bits per heavy atom. The summed E-state index contributed by atoms with van der Waals surface area (Å²) in [5.41, 5.74) is 6.29. The molecule has 0 aliphatic carbocycles. The number of halogens is 3. The van der Waals surface area contributed by atoms with Gasteiger partial charge in [0, 0.05) is 5.56 Å². The second-order valence-electron chi connectivity index (χ2n) is 4.23. The summed E-state index contributed by atoms with van der Waals surface area (Å²) in [6, 6.07) is 5.68. The second kappa shape index (κ2) is 5.40. The second-order valence-corrected chi connectivity index (χ2v) is 4.23. The van der Waals surface area contributed by atoms with Gasteiger partial charge in [-0.1, -0.05) is 18.1 Å². The number of hydrogen-bond donors (Lipinski definition) is 1. The minimum Gasteiger partial charge on any atom is -0.405 e. The summed E-state index contributed by atoms with van der Waals surface area (Å²) in [6.45, 7) is 1.86. The monoisotopic (exact) mass is 295 g/mol. The third-order valence-corrected chi connectivity index (χ3v) is 2.81. The minimum absolute atomic E-state index is 0.159. The van der Waals surface area contributed by atoms with Crippen molar-refractivity contribution in [1.82, 2.24) is 9.55 Å². The van der Waals surface area contributed by atoms with Gasteiger partial charge in [-0.25, -0.2) is 4.98 Å². The van der Waals surface area contributed by atoms with Gasteiger partial charge in [-0.15, -0.1) is 19.6 Å². The van der Waals surface area contributed by atoms with E-state index in [2.05, 4.69) is 15.6 Å². The molecule has 0 fully saturated rings. The van der Waals surface area contributed by atoms with Crippen molar-refractivity contribution in [3.63, 3.8) is 0 Å². The van der Waals surface area contributed by atoms with E-state index < -0.39 is 6.36 Å². The molecule has 1 heterocycles. The number of terminal acetylenes is 1. The first kappa shape index (κ1) is 14.8. The van der Waals surface area contributed by atoms with Crippen LogP contribution in [0.15, 0.2) is 24.3 Å². The van der Waals surface area contributed by atoms with Crippen molar-refractivity contribution in [3.8, 4) is 29.4 Å². The van der Waals surface area contributed by atoms with Crippen LogP contribution in [-0.2, 0) is 6.54 Å². The maximum Gasteiger partial charge on any atom is 0.573 e. The highest BCUT2D eigenvalue weighted by Gasteiger charge is 2.32. The highest BCUT2D eigenvalue weighted by molar-refractivity contribution is 5.76. The van der Waals surface area contributed by atoms with E-state index in [0.717, 1.165) is 0 Å². The van der Waals surface area contributed by atoms with Crippen LogP contribution in [0, 0.1) is 19.3 Å². The molecule has 1 aromatic carbocycles. The SMILES string of the molecule is C#CCn1c(C)nc(-c2ccccc2OC(F)(F)F)c1N. The molecule has 0 saturated heterocycles. The zero-order chi connectivity index (χ0) is 15.6. The molecule has 2 N–H and O–H groups in total. The van der Waals surface area contributed by atoms with Gasteiger partial charge in [0.2, 0.25) is 0 Å². The number of para-hydroxylation sites is 1. The number of imidazole rings is 1. The van der Waals surface area contributed by atoms with Crippen LogP contribution in [-0.4, -0.2) is 15.9 Å². The van der Waals surface area contributed by atoms with Crippen LogP contribution < -0.4 is 10.5 Å². The number of aromatic nitrogens is 2. The number of nitrogen functional groups attached to an aromatic ring is 1. The molecule has 0 amide bonds. The quantitative estimate of drug-likeness (QED) is 0.886. The van der Waals surface area contributed by atoms with Crippen molar-refractivity contribution in [2.45, 2.75) is 19.8 Å². The van der Waals surface area contributed by atoms with E-state index in [1.807, 2.05) is 0 Å². The molecule has 0 atom stereocenters. The van der Waals surface area contributed by atoms with Crippen LogP contribution in [0.25, 0.3) is 11.3 Å². The molecule has 2 rings (SSSR count). The molecule has 0 spiro atoms. The molecule has 0 radical (unpaired) electrons. The molecule has 0 bridgehead atoms. The first-order valence-corrected chi connectivity index (χ1v) is 5.94. The number of rotatable bonds is 3. The lowest BCUT2D eigenvalue weighted by Gasteiger charge is -2.12. The average molecular weight is 295 g/mol. The van der Waals surface area contributed by atoms with Crippen LogP contribution in [0.4, 0.5) is 19.0 Å². The maximum absolute atomic E-state index is 12.4. The minimum atomic E-state index is -4.79. The lowest BCUT2D eigenvalue weighted by Crippen LogP contribution is -2.17. The third-order valence-electron chi connectivity index (χ3n) is 2.81. The first-order valence-electron chi connectivity index (χ1n) is 5.94. The maximum atomic E-state index is 12.4. The number of nitrogens with zero attached hydrogens (tertiary/aromatic N) is 2. The molecule has 110 valence electrons. The van der Waals surface area contributed by atoms with Crippen molar-refractivity contribution in [1.29, 1.82) is 0 Å². The molecule has 2 aromatic rings. The van der Waals surface area contributed by atoms with Gasteiger partial charge < -0.3 is 15.0 Å². The normalized spacial score (nSPS) is 11.2. The predicted octanol–water partition coefficient (Wildman–Crippen LogP) is 2.97. The van der Waals surface area contributed by atoms with E-state index in [4.69, 9.17) is 12.2 Å². The summed E-state index contributed by atoms with van der Waals surface area (Å²) >= 11 is 0. The average Bonchev–Trinajstić information content (AvgIpc) is 2.66. The molecule has 0 unspecified atom stereocenters. The fourth-order valence-electron chi connectivity index (χ4n) is 1.95. The third kappa shape index (κ3) is 3.11. The van der Waals surface area contributed by atoms with Crippen LogP contribution in [0.1, 0.15) is 5.82 Å². The molecule has 0 saturated carbocycles. The van der Waals surface area contributed by atoms with Crippen LogP contribution in [0.5, 0.6) is 5.75 Å². The smallest absolute Gasteiger partial charge is 0.405 e. The van der Waals surface area contributed by atoms with Gasteiger partial charge in [-0.3, -0.25) is 0 Å². The largest absolute Gasteiger partial charge is 0.573 e. The number of aryl methyl sites for hydroxylation is 1. The van der Waals surface area contributed by atoms with E-state index in [9.17, 15) is 13.2 Å². The van der Waals surface area contributed by atoms with E-state index >= 15 is 0 Å². The fraction of sp³-hybridized carbons (Fsp3) is 0.214. The number of anilines is 1. The summed E-state index contributed by atoms with van der Waals surface area (Å²) in [4.78, 5) is 4.18. The number of hydrogen-bond acceptors (Lipinski definition) is 3. The Labute approximate surface area is 119 Å². The Bertz CT molecular complexity index is 698. The molecule has 1 aromatic heterocycles. The van der Waals surface area contributed by atoms with Crippen LogP contribution in [0.2, 0.25) is 0 Å². The zero-order valence-corrected chi connectivity index (χ0v) is 11.1. The highest BCUT2D eigenvalue weighted by atomic mass is 19.4. The molecule has 21 heavy (non-hydrogen) atoms. The summed E-state index contributed by atoms with van der Waals surface area (Å²) < 4.78 is 42.9. The number of ether oxygens (including phenoxy) is 1. The van der Waals surface area contributed by atoms with Gasteiger partial charge in [0.1, 0.15) is 23.1 Å². The molecule has 0 aliphatic heterocycles. The van der Waals surface area contributed by atoms with E-state index in [1.165, 1.54) is 18.2 Å². The summed E-state index contributed by atoms with van der Waals surface area (Å²) in [5, 5.41) is 0. The molecule has 4 nitrogen and oxygen atoms in total. The first-order chi connectivity index (χ1) is 9.83. The van der Waals surface area contributed by atoms with Gasteiger partial charge in [0.25, 0.3) is 0 Å². The van der Waals surface area contributed by atoms with Gasteiger partial charge in [0.15, 0.2) is 0 Å². The van der Waals surface area contributed by atoms with Crippen molar-refractivity contribution < 1.29 is 17.9 Å². The number of alkyl halides is 3. The van der Waals surface area contributed by atoms with Gasteiger partial charge >= 0.3 is 6.36 Å². The van der Waals surface area contributed by atoms with Crippen LogP contribution >= 0.6 is 0 Å². The van der Waals surface area contributed by atoms with Gasteiger partial charge in [-0.2, -0.15) is 0 Å². The molecule has 0 aliphatic rings. The van der Waals surface area contributed by atoms with Crippen molar-refractivity contribution in [2.75, 3.05) is 5.73 Å². The Morgan fingerprint density at radius 1 is 1.38 bits per heavy atom. The van der Waals surface area contributed by atoms with E-state index in [0.29, 0.717) is 5.82 Å². The Kier molecular flexibility index (Phi) is 3.80. The van der Waals surface area contributed by atoms with Gasteiger partial charge in [0.05, 0.1) is 6.54 Å². The topological polar surface area (TPSA) is 53.1 Å². The predicted molar refractivity (Wildman–Crippen MR) is 72.3 cm³/mol. The molecular weight excluding hydrogens is 283 g/mol. The van der Waals surface area contributed by atoms with Crippen LogP contribution in [0.3, 0.4) is 0 Å². The molecule has 7 heteroatoms. The summed E-state index contributed by atoms with van der Waals surface area (Å²) in [7, 11) is 0. The van der Waals surface area contributed by atoms with E-state index in [1.54, 1.807) is 17.6 Å². The van der Waals surface area contributed by atoms with Crippen molar-refractivity contribution in [3.05, 3.63) is 30.1 Å². The summed E-state index contributed by atoms with van der Waals surface area (Å²) in [6.07, 6.45) is 0.441. The Morgan fingerprint density at radius 3 is 2.67 bits per heavy atom. The highest BCUT2D eigenvalue weighted by Crippen LogP contribution is 2.36. The standard InChI is InChI=1S/C14H12F3N3O/c1-3-8-20-9(2)19-12(13(20)18)10-6-4-5-7-11(10)21-14(15,16)17/h1,4-7H,8,18H2,2H3. The molecular formula is C14H12F3N3O. The summed E-state index contributed by atoms with van der Waals surface area (Å²) in [5.74, 6) is 2.77. The fourth-order valence-corrected chi connectivity index (χ4v) is 1.95. The lowest BCUT2D eigenvalue weighted by molar-refractivity contribution is -0.274. The Balaban J connectivity index is 2.53. The number of benzene rings is 1. The van der Waals surface area contributed by atoms with Crippen molar-refractivity contribution in [2.24, 2.45) is 0 Å². The zero-order valence-electron chi connectivity index (χ0n) is 11.1. The Hall–Kier alpha value is -2.62. The lowest BCUT2D eigenvalue weighted by atomic mass is 10.1. The van der Waals surface area contributed by atoms with Gasteiger partial charge in [-0.05, 0) is 19.1 Å². The number of nitrogens with two attached hydrogens (primary N) is 1. The van der Waals surface area contributed by atoms with E-state index in [-0.39, 0.29) is 29.4 Å².